The van der Waals surface area contributed by atoms with Crippen LogP contribution in [0.2, 0.25) is 0 Å². The first-order valence-electron chi connectivity index (χ1n) is 16.5. The maximum Gasteiger partial charge on any atom is 0.573 e. The molecule has 2 aliphatic heterocycles. The molecular weight excluding hydrogens is 603 g/mol. The van der Waals surface area contributed by atoms with Crippen LogP contribution in [0.25, 0.3) is 11.0 Å². The summed E-state index contributed by atoms with van der Waals surface area (Å²) in [5, 5.41) is 0. The molecule has 1 aromatic heterocycles. The second kappa shape index (κ2) is 13.7. The van der Waals surface area contributed by atoms with Crippen molar-refractivity contribution >= 4 is 29.2 Å². The molecule has 0 unspecified atom stereocenters. The van der Waals surface area contributed by atoms with E-state index in [-0.39, 0.29) is 48.2 Å². The van der Waals surface area contributed by atoms with Gasteiger partial charge in [0.1, 0.15) is 29.9 Å². The largest absolute Gasteiger partial charge is 0.573 e. The van der Waals surface area contributed by atoms with Crippen molar-refractivity contribution in [3.05, 3.63) is 23.9 Å². The molecule has 1 aromatic carbocycles. The van der Waals surface area contributed by atoms with Gasteiger partial charge in [-0.1, -0.05) is 40.5 Å². The molecule has 252 valence electrons. The minimum absolute atomic E-state index is 0.0847. The summed E-state index contributed by atoms with van der Waals surface area (Å²) in [6, 6.07) is 3.04. The maximum absolute atomic E-state index is 14.2. The lowest BCUT2D eigenvalue weighted by molar-refractivity contribution is -0.274. The van der Waals surface area contributed by atoms with E-state index in [0.29, 0.717) is 24.1 Å². The van der Waals surface area contributed by atoms with E-state index in [4.69, 9.17) is 14.5 Å². The normalized spacial score (nSPS) is 28.5. The van der Waals surface area contributed by atoms with Crippen LogP contribution in [0.3, 0.4) is 0 Å². The molecule has 2 bridgehead atoms. The van der Waals surface area contributed by atoms with Crippen LogP contribution >= 0.6 is 0 Å². The maximum atomic E-state index is 14.2. The van der Waals surface area contributed by atoms with Gasteiger partial charge in [0.25, 0.3) is 0 Å². The molecule has 12 heteroatoms. The summed E-state index contributed by atoms with van der Waals surface area (Å²) in [6.45, 7) is 7.70. The Morgan fingerprint density at radius 3 is 2.43 bits per heavy atom. The number of halogens is 3. The van der Waals surface area contributed by atoms with Crippen LogP contribution in [0.1, 0.15) is 91.2 Å². The number of amides is 1. The number of carbonyl (C=O) groups is 3. The number of aryl methyl sites for hydroxylation is 1. The Bertz CT molecular complexity index is 1430. The zero-order valence-corrected chi connectivity index (χ0v) is 27.0. The van der Waals surface area contributed by atoms with Gasteiger partial charge < -0.3 is 23.9 Å². The van der Waals surface area contributed by atoms with Crippen LogP contribution in [0, 0.1) is 23.2 Å². The average molecular weight is 648 g/mol. The van der Waals surface area contributed by atoms with Crippen molar-refractivity contribution in [3.63, 3.8) is 0 Å². The second-order valence-electron chi connectivity index (χ2n) is 14.0. The van der Waals surface area contributed by atoms with Crippen LogP contribution in [0.4, 0.5) is 13.2 Å². The summed E-state index contributed by atoms with van der Waals surface area (Å²) < 4.78 is 55.4. The first kappa shape index (κ1) is 33.9. The highest BCUT2D eigenvalue weighted by molar-refractivity contribution is 5.87. The quantitative estimate of drug-likeness (QED) is 0.271. The zero-order valence-electron chi connectivity index (χ0n) is 27.0. The van der Waals surface area contributed by atoms with E-state index in [9.17, 15) is 27.6 Å². The van der Waals surface area contributed by atoms with Crippen molar-refractivity contribution in [2.24, 2.45) is 23.2 Å². The van der Waals surface area contributed by atoms with Crippen molar-refractivity contribution in [2.45, 2.75) is 117 Å². The molecule has 5 rings (SSSR count). The number of benzene rings is 1. The smallest absolute Gasteiger partial charge is 0.471 e. The lowest BCUT2D eigenvalue weighted by Gasteiger charge is -2.34. The lowest BCUT2D eigenvalue weighted by atomic mass is 9.77. The first-order valence-corrected chi connectivity index (χ1v) is 16.5. The van der Waals surface area contributed by atoms with Crippen LogP contribution in [-0.4, -0.2) is 64.2 Å². The number of carbonyl (C=O) groups excluding carboxylic acids is 3. The number of nitrogens with zero attached hydrogens (tertiary/aromatic N) is 3. The Labute approximate surface area is 267 Å². The van der Waals surface area contributed by atoms with Gasteiger partial charge in [0.2, 0.25) is 11.8 Å². The Hall–Kier alpha value is -3.44. The number of ether oxygens (including phenoxy) is 3. The standard InChI is InChI=1S/C34H44F3N3O6/c1-5-22-27(19-41)40-18-29(22)45-31-25(38-24-15-14-21(16-26(24)39-31)46-34(35,36)37)12-8-6-7-10-20-11-9-13-28(20)44-30(42)17-23(32(40)43)33(2,3)4/h14-16,19-20,22-23,27-29H,5-13,17-18H2,1-4H3/t20-,22+,23-,27-,28-,29+/m1/s1. The molecule has 2 fully saturated rings. The molecule has 2 aromatic rings. The summed E-state index contributed by atoms with van der Waals surface area (Å²) in [5.74, 6) is -1.78. The summed E-state index contributed by atoms with van der Waals surface area (Å²) in [5.41, 5.74) is 0.560. The van der Waals surface area contributed by atoms with Crippen molar-refractivity contribution in [3.8, 4) is 11.6 Å². The summed E-state index contributed by atoms with van der Waals surface area (Å²) >= 11 is 0. The van der Waals surface area contributed by atoms with Gasteiger partial charge >= 0.3 is 12.3 Å². The molecule has 0 N–H and O–H groups in total. The molecule has 6 atom stereocenters. The summed E-state index contributed by atoms with van der Waals surface area (Å²) in [6.07, 6.45) is 2.38. The number of aromatic nitrogens is 2. The highest BCUT2D eigenvalue weighted by atomic mass is 19.4. The average Bonchev–Trinajstić information content (AvgIpc) is 3.56. The Morgan fingerprint density at radius 2 is 1.74 bits per heavy atom. The fraction of sp³-hybridized carbons (Fsp3) is 0.676. The molecule has 3 heterocycles. The molecule has 3 aliphatic rings. The number of fused-ring (bicyclic) bond motifs is 5. The van der Waals surface area contributed by atoms with Gasteiger partial charge in [0, 0.05) is 12.0 Å². The molecule has 9 nitrogen and oxygen atoms in total. The van der Waals surface area contributed by atoms with Crippen LogP contribution in [0.5, 0.6) is 11.6 Å². The third-order valence-corrected chi connectivity index (χ3v) is 9.79. The molecule has 1 aliphatic carbocycles. The Morgan fingerprint density at radius 1 is 0.978 bits per heavy atom. The molecule has 1 saturated heterocycles. The van der Waals surface area contributed by atoms with E-state index in [1.807, 2.05) is 27.7 Å². The van der Waals surface area contributed by atoms with E-state index in [0.717, 1.165) is 51.2 Å². The third-order valence-electron chi connectivity index (χ3n) is 9.79. The van der Waals surface area contributed by atoms with E-state index in [1.54, 1.807) is 0 Å². The highest BCUT2D eigenvalue weighted by Gasteiger charge is 2.48. The zero-order chi connectivity index (χ0) is 33.2. The molecule has 1 amide bonds. The van der Waals surface area contributed by atoms with Crippen molar-refractivity contribution < 1.29 is 41.8 Å². The predicted molar refractivity (Wildman–Crippen MR) is 163 cm³/mol. The highest BCUT2D eigenvalue weighted by Crippen LogP contribution is 2.39. The first-order chi connectivity index (χ1) is 21.8. The summed E-state index contributed by atoms with van der Waals surface area (Å²) in [4.78, 5) is 50.9. The number of aldehydes is 1. The molecule has 0 spiro atoms. The van der Waals surface area contributed by atoms with E-state index in [2.05, 4.69) is 9.72 Å². The van der Waals surface area contributed by atoms with Gasteiger partial charge in [-0.15, -0.1) is 13.2 Å². The van der Waals surface area contributed by atoms with Crippen molar-refractivity contribution in [1.29, 1.82) is 0 Å². The number of alkyl halides is 3. The molecule has 1 saturated carbocycles. The monoisotopic (exact) mass is 647 g/mol. The topological polar surface area (TPSA) is 108 Å². The minimum Gasteiger partial charge on any atom is -0.471 e. The fourth-order valence-electron chi connectivity index (χ4n) is 7.31. The van der Waals surface area contributed by atoms with Crippen LogP contribution in [-0.2, 0) is 25.5 Å². The van der Waals surface area contributed by atoms with Crippen LogP contribution < -0.4 is 9.47 Å². The predicted octanol–water partition coefficient (Wildman–Crippen LogP) is 6.59. The second-order valence-corrected chi connectivity index (χ2v) is 14.0. The minimum atomic E-state index is -4.86. The third kappa shape index (κ3) is 7.74. The number of esters is 1. The van der Waals surface area contributed by atoms with Gasteiger partial charge in [-0.05, 0) is 68.4 Å². The number of hydrogen-bond acceptors (Lipinski definition) is 8. The van der Waals surface area contributed by atoms with Gasteiger partial charge in [0.15, 0.2) is 0 Å². The summed E-state index contributed by atoms with van der Waals surface area (Å²) in [7, 11) is 0. The fourth-order valence-corrected chi connectivity index (χ4v) is 7.31. The van der Waals surface area contributed by atoms with Gasteiger partial charge in [0.05, 0.1) is 36.0 Å². The number of rotatable bonds is 3. The van der Waals surface area contributed by atoms with Gasteiger partial charge in [-0.25, -0.2) is 9.97 Å². The Kier molecular flexibility index (Phi) is 10.1. The Balaban J connectivity index is 1.52. The van der Waals surface area contributed by atoms with E-state index in [1.165, 1.54) is 23.1 Å². The van der Waals surface area contributed by atoms with E-state index >= 15 is 0 Å². The molecular formula is C34H44F3N3O6. The number of hydrogen-bond donors (Lipinski definition) is 0. The SMILES string of the molecule is CC[C@@H]1[C@@H]2CN(C(=O)[C@H](C(C)(C)C)CC(=O)O[C@@H]3CCC[C@H]3CCCCCc3nc4ccc(OC(F)(F)F)cc4nc3O2)[C@@H]1C=O. The van der Waals surface area contributed by atoms with Crippen molar-refractivity contribution in [1.82, 2.24) is 14.9 Å². The van der Waals surface area contributed by atoms with Crippen molar-refractivity contribution in [2.75, 3.05) is 6.54 Å². The van der Waals surface area contributed by atoms with Gasteiger partial charge in [-0.2, -0.15) is 0 Å². The molecule has 0 radical (unpaired) electrons. The molecule has 46 heavy (non-hydrogen) atoms. The van der Waals surface area contributed by atoms with E-state index < -0.39 is 41.6 Å². The lowest BCUT2D eigenvalue weighted by Crippen LogP contribution is -2.46. The van der Waals surface area contributed by atoms with Gasteiger partial charge in [-0.3, -0.25) is 9.59 Å². The van der Waals surface area contributed by atoms with Crippen LogP contribution in [0.15, 0.2) is 18.2 Å².